The Morgan fingerprint density at radius 2 is 1.69 bits per heavy atom. The summed E-state index contributed by atoms with van der Waals surface area (Å²) in [6, 6.07) is 12.5. The molecule has 26 heavy (non-hydrogen) atoms. The van der Waals surface area contributed by atoms with Crippen molar-refractivity contribution in [3.8, 4) is 0 Å². The Labute approximate surface area is 156 Å². The number of benzene rings is 2. The summed E-state index contributed by atoms with van der Waals surface area (Å²) in [7, 11) is 0. The average Bonchev–Trinajstić information content (AvgIpc) is 3.05. The molecule has 0 amide bonds. The molecule has 4 heteroatoms. The standard InChI is InChI=1S/C22H22N2OS/c1-13-10-17-18(11-14(13)2)24-20(25)19(26-21(24)23-17)12-15-6-8-16(9-7-15)22(3,4)5/h6-12H,1-5H3/b19-12-. The van der Waals surface area contributed by atoms with Gasteiger partial charge in [-0.2, -0.15) is 0 Å². The van der Waals surface area contributed by atoms with Crippen LogP contribution in [-0.4, -0.2) is 9.38 Å². The average molecular weight is 362 g/mol. The highest BCUT2D eigenvalue weighted by Gasteiger charge is 2.14. The highest BCUT2D eigenvalue weighted by Crippen LogP contribution is 2.23. The van der Waals surface area contributed by atoms with Crippen LogP contribution in [-0.2, 0) is 5.41 Å². The van der Waals surface area contributed by atoms with Crippen molar-refractivity contribution in [2.75, 3.05) is 0 Å². The van der Waals surface area contributed by atoms with E-state index in [1.807, 2.05) is 6.08 Å². The molecule has 0 bridgehead atoms. The molecule has 0 aliphatic carbocycles. The van der Waals surface area contributed by atoms with Crippen molar-refractivity contribution < 1.29 is 0 Å². The topological polar surface area (TPSA) is 34.4 Å². The van der Waals surface area contributed by atoms with E-state index in [0.29, 0.717) is 0 Å². The minimum atomic E-state index is 0.00986. The van der Waals surface area contributed by atoms with Gasteiger partial charge in [-0.15, -0.1) is 0 Å². The van der Waals surface area contributed by atoms with Crippen LogP contribution in [0.15, 0.2) is 41.2 Å². The molecule has 0 fully saturated rings. The van der Waals surface area contributed by atoms with Gasteiger partial charge < -0.3 is 0 Å². The van der Waals surface area contributed by atoms with Gasteiger partial charge in [0.2, 0.25) is 0 Å². The predicted octanol–water partition coefficient (Wildman–Crippen LogP) is 4.37. The van der Waals surface area contributed by atoms with E-state index >= 15 is 0 Å². The van der Waals surface area contributed by atoms with Crippen molar-refractivity contribution in [1.82, 2.24) is 9.38 Å². The van der Waals surface area contributed by atoms with Crippen molar-refractivity contribution in [3.05, 3.63) is 73.5 Å². The highest BCUT2D eigenvalue weighted by atomic mass is 32.1. The van der Waals surface area contributed by atoms with Crippen LogP contribution in [0, 0.1) is 13.8 Å². The lowest BCUT2D eigenvalue weighted by atomic mass is 9.87. The lowest BCUT2D eigenvalue weighted by Crippen LogP contribution is -2.22. The largest absolute Gasteiger partial charge is 0.274 e. The minimum Gasteiger partial charge on any atom is -0.267 e. The summed E-state index contributed by atoms with van der Waals surface area (Å²) in [4.78, 5) is 18.3. The fraction of sp³-hybridized carbons (Fsp3) is 0.273. The second kappa shape index (κ2) is 5.78. The lowest BCUT2D eigenvalue weighted by molar-refractivity contribution is 0.590. The molecule has 0 atom stereocenters. The smallest absolute Gasteiger partial charge is 0.267 e. The zero-order valence-electron chi connectivity index (χ0n) is 15.8. The fourth-order valence-corrected chi connectivity index (χ4v) is 4.14. The second-order valence-corrected chi connectivity index (χ2v) is 8.95. The quantitative estimate of drug-likeness (QED) is 0.504. The van der Waals surface area contributed by atoms with E-state index in [-0.39, 0.29) is 11.0 Å². The van der Waals surface area contributed by atoms with Crippen LogP contribution >= 0.6 is 11.3 Å². The Balaban J connectivity index is 1.87. The summed E-state index contributed by atoms with van der Waals surface area (Å²) >= 11 is 1.45. The predicted molar refractivity (Wildman–Crippen MR) is 110 cm³/mol. The van der Waals surface area contributed by atoms with E-state index in [1.54, 1.807) is 4.40 Å². The molecule has 4 aromatic rings. The van der Waals surface area contributed by atoms with Crippen LogP contribution in [0.1, 0.15) is 43.0 Å². The van der Waals surface area contributed by atoms with Gasteiger partial charge in [0, 0.05) is 0 Å². The lowest BCUT2D eigenvalue weighted by Gasteiger charge is -2.18. The van der Waals surface area contributed by atoms with Gasteiger partial charge in [-0.25, -0.2) is 9.38 Å². The molecule has 0 saturated carbocycles. The van der Waals surface area contributed by atoms with Gasteiger partial charge >= 0.3 is 0 Å². The van der Waals surface area contributed by atoms with E-state index in [4.69, 9.17) is 0 Å². The van der Waals surface area contributed by atoms with Gasteiger partial charge in [-0.05, 0) is 59.7 Å². The van der Waals surface area contributed by atoms with E-state index in [1.165, 1.54) is 28.0 Å². The second-order valence-electron chi connectivity index (χ2n) is 7.94. The molecule has 3 nitrogen and oxygen atoms in total. The minimum absolute atomic E-state index is 0.00986. The number of aromatic nitrogens is 2. The van der Waals surface area contributed by atoms with E-state index in [0.717, 1.165) is 26.1 Å². The zero-order chi connectivity index (χ0) is 18.6. The molecule has 2 heterocycles. The number of thiazole rings is 1. The summed E-state index contributed by atoms with van der Waals surface area (Å²) in [5.41, 5.74) is 6.61. The van der Waals surface area contributed by atoms with E-state index < -0.39 is 0 Å². The number of nitrogens with zero attached hydrogens (tertiary/aromatic N) is 2. The molecule has 2 aromatic heterocycles. The molecule has 0 unspecified atom stereocenters. The summed E-state index contributed by atoms with van der Waals surface area (Å²) in [5, 5.41) is 0. The Bertz CT molecular complexity index is 1240. The number of fused-ring (bicyclic) bond motifs is 3. The van der Waals surface area contributed by atoms with Crippen LogP contribution in [0.2, 0.25) is 0 Å². The maximum Gasteiger partial charge on any atom is 0.274 e. The molecule has 0 aliphatic heterocycles. The molecule has 0 spiro atoms. The van der Waals surface area contributed by atoms with Crippen LogP contribution in [0.3, 0.4) is 0 Å². The Kier molecular flexibility index (Phi) is 3.77. The van der Waals surface area contributed by atoms with Crippen molar-refractivity contribution in [1.29, 1.82) is 0 Å². The fourth-order valence-electron chi connectivity index (χ4n) is 3.15. The molecule has 2 aromatic carbocycles. The number of hydrogen-bond donors (Lipinski definition) is 0. The summed E-state index contributed by atoms with van der Waals surface area (Å²) in [6.45, 7) is 10.7. The first kappa shape index (κ1) is 17.0. The first-order valence-electron chi connectivity index (χ1n) is 8.78. The molecule has 0 saturated heterocycles. The normalized spacial score (nSPS) is 13.2. The number of rotatable bonds is 1. The number of hydrogen-bond acceptors (Lipinski definition) is 3. The van der Waals surface area contributed by atoms with Crippen molar-refractivity contribution in [3.63, 3.8) is 0 Å². The van der Waals surface area contributed by atoms with Crippen molar-refractivity contribution >= 4 is 33.4 Å². The monoisotopic (exact) mass is 362 g/mol. The first-order chi connectivity index (χ1) is 12.2. The summed E-state index contributed by atoms with van der Waals surface area (Å²) in [5.74, 6) is 0. The Morgan fingerprint density at radius 1 is 1.04 bits per heavy atom. The molecular formula is C22H22N2OS. The first-order valence-corrected chi connectivity index (χ1v) is 9.60. The maximum atomic E-state index is 12.9. The van der Waals surface area contributed by atoms with Crippen molar-refractivity contribution in [2.45, 2.75) is 40.0 Å². The van der Waals surface area contributed by atoms with Gasteiger partial charge in [0.25, 0.3) is 5.56 Å². The van der Waals surface area contributed by atoms with Crippen molar-refractivity contribution in [2.24, 2.45) is 0 Å². The van der Waals surface area contributed by atoms with Gasteiger partial charge in [0.05, 0.1) is 15.6 Å². The molecule has 4 rings (SSSR count). The molecule has 0 N–H and O–H groups in total. The van der Waals surface area contributed by atoms with E-state index in [2.05, 4.69) is 76.0 Å². The maximum absolute atomic E-state index is 12.9. The third-order valence-electron chi connectivity index (χ3n) is 4.93. The molecule has 0 aliphatic rings. The van der Waals surface area contributed by atoms with Gasteiger partial charge in [-0.1, -0.05) is 56.4 Å². The summed E-state index contributed by atoms with van der Waals surface area (Å²) < 4.78 is 2.46. The van der Waals surface area contributed by atoms with Crippen LogP contribution in [0.25, 0.3) is 22.1 Å². The Morgan fingerprint density at radius 3 is 2.35 bits per heavy atom. The molecule has 132 valence electrons. The highest BCUT2D eigenvalue weighted by molar-refractivity contribution is 7.15. The SMILES string of the molecule is Cc1cc2nc3s/c(=C\c4ccc(C(C)(C)C)cc4)c(=O)n3c2cc1C. The Hall–Kier alpha value is -2.46. The van der Waals surface area contributed by atoms with Gasteiger partial charge in [0.1, 0.15) is 0 Å². The van der Waals surface area contributed by atoms with Crippen LogP contribution in [0.5, 0.6) is 0 Å². The van der Waals surface area contributed by atoms with Crippen LogP contribution in [0.4, 0.5) is 0 Å². The van der Waals surface area contributed by atoms with Gasteiger partial charge in [0.15, 0.2) is 4.96 Å². The van der Waals surface area contributed by atoms with E-state index in [9.17, 15) is 4.79 Å². The number of aryl methyl sites for hydroxylation is 2. The summed E-state index contributed by atoms with van der Waals surface area (Å²) in [6.07, 6.45) is 1.96. The van der Waals surface area contributed by atoms with Gasteiger partial charge in [-0.3, -0.25) is 4.79 Å². The third-order valence-corrected chi connectivity index (χ3v) is 5.90. The van der Waals surface area contributed by atoms with Crippen LogP contribution < -0.4 is 10.1 Å². The molecular weight excluding hydrogens is 340 g/mol. The zero-order valence-corrected chi connectivity index (χ0v) is 16.6. The molecule has 0 radical (unpaired) electrons. The number of imidazole rings is 1. The third kappa shape index (κ3) is 2.74.